The Hall–Kier alpha value is -1.58. The summed E-state index contributed by atoms with van der Waals surface area (Å²) in [5, 5.41) is 6.32. The Morgan fingerprint density at radius 2 is 2.14 bits per heavy atom. The molecular formula is C17H27N3O. The van der Waals surface area contributed by atoms with Gasteiger partial charge in [0.25, 0.3) is 5.91 Å². The lowest BCUT2D eigenvalue weighted by molar-refractivity contribution is 0.0951. The van der Waals surface area contributed by atoms with Crippen LogP contribution >= 0.6 is 0 Å². The first-order valence-corrected chi connectivity index (χ1v) is 8.05. The summed E-state index contributed by atoms with van der Waals surface area (Å²) in [4.78, 5) is 16.9. The van der Waals surface area contributed by atoms with E-state index in [0.29, 0.717) is 17.4 Å². The van der Waals surface area contributed by atoms with Crippen LogP contribution < -0.4 is 10.6 Å². The molecule has 2 unspecified atom stereocenters. The predicted octanol–water partition coefficient (Wildman–Crippen LogP) is 3.41. The second-order valence-corrected chi connectivity index (χ2v) is 6.43. The van der Waals surface area contributed by atoms with Crippen LogP contribution in [-0.4, -0.2) is 24.0 Å². The van der Waals surface area contributed by atoms with Gasteiger partial charge in [0.2, 0.25) is 0 Å². The summed E-state index contributed by atoms with van der Waals surface area (Å²) in [6, 6.07) is 3.76. The van der Waals surface area contributed by atoms with Gasteiger partial charge in [-0.25, -0.2) is 4.98 Å². The third-order valence-corrected chi connectivity index (χ3v) is 4.06. The summed E-state index contributed by atoms with van der Waals surface area (Å²) in [6.45, 7) is 10.2. The highest BCUT2D eigenvalue weighted by Gasteiger charge is 2.32. The standard InChI is InChI=1S/C17H27N3O/c1-5-6-18-16-9-13(8-15(20-16)11(2)3)17(21)19-10-14-7-12(14)4/h8-9,11-12,14H,5-7,10H2,1-4H3,(H,18,20)(H,19,21). The van der Waals surface area contributed by atoms with E-state index in [2.05, 4.69) is 43.3 Å². The third-order valence-electron chi connectivity index (χ3n) is 4.06. The monoisotopic (exact) mass is 289 g/mol. The lowest BCUT2D eigenvalue weighted by Crippen LogP contribution is -2.26. The molecule has 0 aromatic carbocycles. The topological polar surface area (TPSA) is 54.0 Å². The van der Waals surface area contributed by atoms with Crippen LogP contribution in [0.5, 0.6) is 0 Å². The van der Waals surface area contributed by atoms with Crippen molar-refractivity contribution < 1.29 is 4.79 Å². The average molecular weight is 289 g/mol. The molecule has 4 nitrogen and oxygen atoms in total. The molecule has 0 radical (unpaired) electrons. The largest absolute Gasteiger partial charge is 0.370 e. The molecule has 2 atom stereocenters. The van der Waals surface area contributed by atoms with Crippen LogP contribution in [-0.2, 0) is 0 Å². The van der Waals surface area contributed by atoms with Crippen molar-refractivity contribution in [3.05, 3.63) is 23.4 Å². The summed E-state index contributed by atoms with van der Waals surface area (Å²) in [5.41, 5.74) is 1.67. The molecule has 0 aliphatic heterocycles. The van der Waals surface area contributed by atoms with Crippen LogP contribution in [0.25, 0.3) is 0 Å². The second kappa shape index (κ2) is 6.92. The van der Waals surface area contributed by atoms with Gasteiger partial charge in [0.05, 0.1) is 0 Å². The van der Waals surface area contributed by atoms with Gasteiger partial charge in [0.1, 0.15) is 5.82 Å². The predicted molar refractivity (Wildman–Crippen MR) is 86.7 cm³/mol. The smallest absolute Gasteiger partial charge is 0.251 e. The number of carbonyl (C=O) groups is 1. The van der Waals surface area contributed by atoms with E-state index in [0.717, 1.165) is 36.9 Å². The minimum Gasteiger partial charge on any atom is -0.370 e. The molecule has 0 bridgehead atoms. The summed E-state index contributed by atoms with van der Waals surface area (Å²) >= 11 is 0. The summed E-state index contributed by atoms with van der Waals surface area (Å²) in [7, 11) is 0. The number of hydrogen-bond donors (Lipinski definition) is 2. The van der Waals surface area contributed by atoms with Gasteiger partial charge in [-0.05, 0) is 42.7 Å². The first-order chi connectivity index (χ1) is 10.0. The highest BCUT2D eigenvalue weighted by molar-refractivity contribution is 5.95. The van der Waals surface area contributed by atoms with Crippen molar-refractivity contribution in [1.29, 1.82) is 0 Å². The lowest BCUT2D eigenvalue weighted by atomic mass is 10.1. The Morgan fingerprint density at radius 3 is 2.71 bits per heavy atom. The summed E-state index contributed by atoms with van der Waals surface area (Å²) in [6.07, 6.45) is 2.27. The number of aromatic nitrogens is 1. The van der Waals surface area contributed by atoms with Crippen molar-refractivity contribution in [3.8, 4) is 0 Å². The zero-order valence-corrected chi connectivity index (χ0v) is 13.6. The fourth-order valence-electron chi connectivity index (χ4n) is 2.33. The van der Waals surface area contributed by atoms with Crippen molar-refractivity contribution in [2.45, 2.75) is 46.5 Å². The number of nitrogens with zero attached hydrogens (tertiary/aromatic N) is 1. The number of nitrogens with one attached hydrogen (secondary N) is 2. The van der Waals surface area contributed by atoms with Crippen LogP contribution in [0.4, 0.5) is 5.82 Å². The molecule has 21 heavy (non-hydrogen) atoms. The summed E-state index contributed by atoms with van der Waals surface area (Å²) < 4.78 is 0. The fraction of sp³-hybridized carbons (Fsp3) is 0.647. The number of hydrogen-bond acceptors (Lipinski definition) is 3. The fourth-order valence-corrected chi connectivity index (χ4v) is 2.33. The molecule has 0 spiro atoms. The zero-order chi connectivity index (χ0) is 15.4. The van der Waals surface area contributed by atoms with E-state index in [1.165, 1.54) is 6.42 Å². The van der Waals surface area contributed by atoms with Gasteiger partial charge in [-0.1, -0.05) is 27.7 Å². The Morgan fingerprint density at radius 1 is 1.43 bits per heavy atom. The molecule has 0 saturated heterocycles. The van der Waals surface area contributed by atoms with E-state index in [-0.39, 0.29) is 5.91 Å². The van der Waals surface area contributed by atoms with Gasteiger partial charge >= 0.3 is 0 Å². The van der Waals surface area contributed by atoms with Gasteiger partial charge in [-0.2, -0.15) is 0 Å². The van der Waals surface area contributed by atoms with Crippen LogP contribution in [0.1, 0.15) is 62.5 Å². The Balaban J connectivity index is 2.08. The van der Waals surface area contributed by atoms with Crippen LogP contribution in [0.15, 0.2) is 12.1 Å². The van der Waals surface area contributed by atoms with E-state index < -0.39 is 0 Å². The van der Waals surface area contributed by atoms with Gasteiger partial charge < -0.3 is 10.6 Å². The summed E-state index contributed by atoms with van der Waals surface area (Å²) in [5.74, 6) is 2.54. The molecule has 1 aliphatic carbocycles. The first-order valence-electron chi connectivity index (χ1n) is 8.05. The molecule has 1 aromatic heterocycles. The van der Waals surface area contributed by atoms with Crippen molar-refractivity contribution >= 4 is 11.7 Å². The van der Waals surface area contributed by atoms with E-state index in [1.54, 1.807) is 0 Å². The van der Waals surface area contributed by atoms with Crippen LogP contribution in [0, 0.1) is 11.8 Å². The van der Waals surface area contributed by atoms with Crippen LogP contribution in [0.3, 0.4) is 0 Å². The molecule has 1 fully saturated rings. The Labute approximate surface area is 127 Å². The third kappa shape index (κ3) is 4.45. The molecule has 4 heteroatoms. The van der Waals surface area contributed by atoms with Gasteiger partial charge in [0.15, 0.2) is 0 Å². The van der Waals surface area contributed by atoms with Gasteiger partial charge in [0, 0.05) is 24.3 Å². The number of rotatable bonds is 7. The molecule has 1 aromatic rings. The molecule has 1 amide bonds. The van der Waals surface area contributed by atoms with E-state index in [9.17, 15) is 4.79 Å². The number of pyridine rings is 1. The van der Waals surface area contributed by atoms with Crippen molar-refractivity contribution in [1.82, 2.24) is 10.3 Å². The average Bonchev–Trinajstić information content (AvgIpc) is 3.17. The second-order valence-electron chi connectivity index (χ2n) is 6.43. The molecular weight excluding hydrogens is 262 g/mol. The Bertz CT molecular complexity index is 499. The van der Waals surface area contributed by atoms with Crippen molar-refractivity contribution in [3.63, 3.8) is 0 Å². The van der Waals surface area contributed by atoms with Crippen molar-refractivity contribution in [2.75, 3.05) is 18.4 Å². The van der Waals surface area contributed by atoms with Crippen molar-refractivity contribution in [2.24, 2.45) is 11.8 Å². The van der Waals surface area contributed by atoms with Gasteiger partial charge in [-0.15, -0.1) is 0 Å². The Kier molecular flexibility index (Phi) is 5.21. The maximum atomic E-state index is 12.3. The number of amides is 1. The minimum absolute atomic E-state index is 0.0120. The zero-order valence-electron chi connectivity index (χ0n) is 13.6. The van der Waals surface area contributed by atoms with E-state index in [1.807, 2.05) is 12.1 Å². The maximum Gasteiger partial charge on any atom is 0.251 e. The molecule has 1 aliphatic rings. The molecule has 2 N–H and O–H groups in total. The first kappa shape index (κ1) is 15.8. The molecule has 2 rings (SSSR count). The number of carbonyl (C=O) groups excluding carboxylic acids is 1. The normalized spacial score (nSPS) is 20.4. The lowest BCUT2D eigenvalue weighted by Gasteiger charge is -2.12. The number of anilines is 1. The molecule has 116 valence electrons. The minimum atomic E-state index is 0.0120. The van der Waals surface area contributed by atoms with Crippen LogP contribution in [0.2, 0.25) is 0 Å². The molecule has 1 heterocycles. The highest BCUT2D eigenvalue weighted by Crippen LogP contribution is 2.36. The SMILES string of the molecule is CCCNc1cc(C(=O)NCC2CC2C)cc(C(C)C)n1. The molecule has 1 saturated carbocycles. The maximum absolute atomic E-state index is 12.3. The van der Waals surface area contributed by atoms with E-state index >= 15 is 0 Å². The van der Waals surface area contributed by atoms with Gasteiger partial charge in [-0.3, -0.25) is 4.79 Å². The van der Waals surface area contributed by atoms with E-state index in [4.69, 9.17) is 0 Å². The quantitative estimate of drug-likeness (QED) is 0.808. The highest BCUT2D eigenvalue weighted by atomic mass is 16.1.